The molecule has 0 saturated carbocycles. The largest absolute Gasteiger partial charge is 0.343 e. The van der Waals surface area contributed by atoms with E-state index in [2.05, 4.69) is 5.32 Å². The summed E-state index contributed by atoms with van der Waals surface area (Å²) in [4.78, 5) is 40.4. The number of nitrogens with one attached hydrogen (secondary N) is 1. The maximum Gasteiger partial charge on any atom is 0.256 e. The summed E-state index contributed by atoms with van der Waals surface area (Å²) >= 11 is 5.99. The molecule has 6 nitrogen and oxygen atoms in total. The highest BCUT2D eigenvalue weighted by Crippen LogP contribution is 2.15. The highest BCUT2D eigenvalue weighted by molar-refractivity contribution is 6.33. The Hall–Kier alpha value is -2.93. The summed E-state index contributed by atoms with van der Waals surface area (Å²) in [6.07, 6.45) is 0.574. The van der Waals surface area contributed by atoms with Gasteiger partial charge in [-0.25, -0.2) is 4.39 Å². The Labute approximate surface area is 173 Å². The van der Waals surface area contributed by atoms with Crippen LogP contribution in [0.25, 0.3) is 0 Å². The van der Waals surface area contributed by atoms with Gasteiger partial charge in [0.2, 0.25) is 5.91 Å². The Bertz CT molecular complexity index is 922. The molecule has 0 aliphatic carbocycles. The number of hydrogen-bond donors (Lipinski definition) is 1. The Morgan fingerprint density at radius 3 is 2.24 bits per heavy atom. The third-order valence-corrected chi connectivity index (χ3v) is 5.09. The van der Waals surface area contributed by atoms with Crippen LogP contribution in [0.1, 0.15) is 27.1 Å². The summed E-state index contributed by atoms with van der Waals surface area (Å²) in [6.45, 7) is 1.36. The Morgan fingerprint density at radius 2 is 1.52 bits per heavy atom. The normalized spacial score (nSPS) is 14.3. The van der Waals surface area contributed by atoms with E-state index in [0.29, 0.717) is 43.2 Å². The van der Waals surface area contributed by atoms with Crippen molar-refractivity contribution in [2.24, 2.45) is 0 Å². The summed E-state index contributed by atoms with van der Waals surface area (Å²) < 4.78 is 13.9. The van der Waals surface area contributed by atoms with E-state index in [1.165, 1.54) is 18.2 Å². The van der Waals surface area contributed by atoms with Crippen LogP contribution < -0.4 is 5.32 Å². The fourth-order valence-corrected chi connectivity index (χ4v) is 3.40. The van der Waals surface area contributed by atoms with Crippen LogP contribution in [0, 0.1) is 5.82 Å². The molecule has 2 aromatic rings. The predicted octanol–water partition coefficient (Wildman–Crippen LogP) is 2.58. The Kier molecular flexibility index (Phi) is 6.82. The molecule has 3 rings (SSSR count). The first-order chi connectivity index (χ1) is 14.0. The smallest absolute Gasteiger partial charge is 0.256 e. The van der Waals surface area contributed by atoms with Crippen LogP contribution in [0.3, 0.4) is 0 Å². The van der Waals surface area contributed by atoms with E-state index in [0.717, 1.165) is 0 Å². The van der Waals surface area contributed by atoms with E-state index < -0.39 is 11.7 Å². The fraction of sp³-hybridized carbons (Fsp3) is 0.286. The molecule has 3 amide bonds. The Balaban J connectivity index is 1.54. The molecule has 1 aliphatic rings. The Morgan fingerprint density at radius 1 is 0.897 bits per heavy atom. The van der Waals surface area contributed by atoms with Crippen LogP contribution in [0.2, 0.25) is 5.02 Å². The van der Waals surface area contributed by atoms with Gasteiger partial charge >= 0.3 is 0 Å². The van der Waals surface area contributed by atoms with E-state index in [4.69, 9.17) is 11.6 Å². The molecule has 1 heterocycles. The van der Waals surface area contributed by atoms with Crippen LogP contribution in [0.4, 0.5) is 4.39 Å². The first kappa shape index (κ1) is 20.8. The van der Waals surface area contributed by atoms with Crippen molar-refractivity contribution in [1.29, 1.82) is 0 Å². The second-order valence-corrected chi connectivity index (χ2v) is 7.08. The van der Waals surface area contributed by atoms with Crippen LogP contribution in [0.15, 0.2) is 48.5 Å². The lowest BCUT2D eigenvalue weighted by Gasteiger charge is -2.22. The van der Waals surface area contributed by atoms with Crippen LogP contribution in [0.5, 0.6) is 0 Å². The van der Waals surface area contributed by atoms with Gasteiger partial charge in [-0.1, -0.05) is 35.9 Å². The lowest BCUT2D eigenvalue weighted by atomic mass is 10.2. The minimum Gasteiger partial charge on any atom is -0.343 e. The molecule has 29 heavy (non-hydrogen) atoms. The van der Waals surface area contributed by atoms with Gasteiger partial charge in [0, 0.05) is 26.2 Å². The van der Waals surface area contributed by atoms with Crippen molar-refractivity contribution in [3.8, 4) is 0 Å². The SMILES string of the molecule is O=C(NCC(=O)N1CCCN(C(=O)c2ccccc2F)CC1)c1ccccc1Cl. The van der Waals surface area contributed by atoms with Crippen molar-refractivity contribution < 1.29 is 18.8 Å². The number of carbonyl (C=O) groups is 3. The number of carbonyl (C=O) groups excluding carboxylic acids is 3. The monoisotopic (exact) mass is 417 g/mol. The van der Waals surface area contributed by atoms with Crippen LogP contribution in [-0.4, -0.2) is 60.2 Å². The molecule has 0 spiro atoms. The zero-order valence-electron chi connectivity index (χ0n) is 15.7. The predicted molar refractivity (Wildman–Crippen MR) is 107 cm³/mol. The molecule has 0 unspecified atom stereocenters. The molecular weight excluding hydrogens is 397 g/mol. The highest BCUT2D eigenvalue weighted by atomic mass is 35.5. The summed E-state index contributed by atoms with van der Waals surface area (Å²) in [6, 6.07) is 12.5. The average molecular weight is 418 g/mol. The van der Waals surface area contributed by atoms with Gasteiger partial charge in [0.05, 0.1) is 22.7 Å². The number of nitrogens with zero attached hydrogens (tertiary/aromatic N) is 2. The van der Waals surface area contributed by atoms with Gasteiger partial charge in [0.25, 0.3) is 11.8 Å². The van der Waals surface area contributed by atoms with Gasteiger partial charge in [-0.15, -0.1) is 0 Å². The van der Waals surface area contributed by atoms with Crippen molar-refractivity contribution >= 4 is 29.3 Å². The molecule has 0 radical (unpaired) electrons. The van der Waals surface area contributed by atoms with Gasteiger partial charge in [-0.05, 0) is 30.7 Å². The van der Waals surface area contributed by atoms with E-state index in [9.17, 15) is 18.8 Å². The molecule has 8 heteroatoms. The maximum atomic E-state index is 13.9. The molecule has 1 N–H and O–H groups in total. The molecule has 1 saturated heterocycles. The lowest BCUT2D eigenvalue weighted by molar-refractivity contribution is -0.129. The molecule has 1 fully saturated rings. The third-order valence-electron chi connectivity index (χ3n) is 4.76. The maximum absolute atomic E-state index is 13.9. The summed E-state index contributed by atoms with van der Waals surface area (Å²) in [5.74, 6) is -1.61. The third kappa shape index (κ3) is 5.12. The topological polar surface area (TPSA) is 69.7 Å². The quantitative estimate of drug-likeness (QED) is 0.831. The molecule has 0 aromatic heterocycles. The van der Waals surface area contributed by atoms with Gasteiger partial charge in [0.15, 0.2) is 0 Å². The molecule has 1 aliphatic heterocycles. The number of hydrogen-bond acceptors (Lipinski definition) is 3. The molecule has 2 aromatic carbocycles. The minimum atomic E-state index is -0.558. The first-order valence-corrected chi connectivity index (χ1v) is 9.69. The standard InChI is InChI=1S/C21H21ClFN3O3/c22-17-8-3-1-6-15(17)20(28)24-14-19(27)25-10-5-11-26(13-12-25)21(29)16-7-2-4-9-18(16)23/h1-4,6-9H,5,10-14H2,(H,24,28). The molecule has 152 valence electrons. The van der Waals surface area contributed by atoms with Gasteiger partial charge in [0.1, 0.15) is 5.82 Å². The second kappa shape index (κ2) is 9.52. The van der Waals surface area contributed by atoms with Gasteiger partial charge in [-0.2, -0.15) is 0 Å². The molecule has 0 atom stereocenters. The van der Waals surface area contributed by atoms with Crippen LogP contribution in [-0.2, 0) is 4.79 Å². The summed E-state index contributed by atoms with van der Waals surface area (Å²) in [5, 5.41) is 2.89. The minimum absolute atomic E-state index is 0.0271. The average Bonchev–Trinajstić information content (AvgIpc) is 2.98. The fourth-order valence-electron chi connectivity index (χ4n) is 3.18. The van der Waals surface area contributed by atoms with Crippen LogP contribution >= 0.6 is 11.6 Å². The molecule has 0 bridgehead atoms. The molecular formula is C21H21ClFN3O3. The van der Waals surface area contributed by atoms with E-state index in [1.54, 1.807) is 40.1 Å². The second-order valence-electron chi connectivity index (χ2n) is 6.67. The van der Waals surface area contributed by atoms with Crippen molar-refractivity contribution in [2.45, 2.75) is 6.42 Å². The van der Waals surface area contributed by atoms with Gasteiger partial charge < -0.3 is 15.1 Å². The number of benzene rings is 2. The van der Waals surface area contributed by atoms with Crippen molar-refractivity contribution in [1.82, 2.24) is 15.1 Å². The van der Waals surface area contributed by atoms with E-state index in [-0.39, 0.29) is 23.9 Å². The van der Waals surface area contributed by atoms with Gasteiger partial charge in [-0.3, -0.25) is 14.4 Å². The number of halogens is 2. The van der Waals surface area contributed by atoms with Crippen molar-refractivity contribution in [3.05, 3.63) is 70.5 Å². The number of amides is 3. The highest BCUT2D eigenvalue weighted by Gasteiger charge is 2.24. The van der Waals surface area contributed by atoms with Crippen molar-refractivity contribution in [2.75, 3.05) is 32.7 Å². The summed E-state index contributed by atoms with van der Waals surface area (Å²) in [7, 11) is 0. The van der Waals surface area contributed by atoms with Crippen molar-refractivity contribution in [3.63, 3.8) is 0 Å². The summed E-state index contributed by atoms with van der Waals surface area (Å²) in [5.41, 5.74) is 0.332. The first-order valence-electron chi connectivity index (χ1n) is 9.31. The number of rotatable bonds is 4. The van der Waals surface area contributed by atoms with E-state index >= 15 is 0 Å². The lowest BCUT2D eigenvalue weighted by Crippen LogP contribution is -2.42. The zero-order chi connectivity index (χ0) is 20.8. The zero-order valence-corrected chi connectivity index (χ0v) is 16.5. The van der Waals surface area contributed by atoms with E-state index in [1.807, 2.05) is 0 Å².